The normalized spacial score (nSPS) is 10.9. The van der Waals surface area contributed by atoms with Crippen LogP contribution in [0.3, 0.4) is 0 Å². The van der Waals surface area contributed by atoms with Crippen molar-refractivity contribution in [1.82, 2.24) is 24.4 Å². The second-order valence-corrected chi connectivity index (χ2v) is 10.2. The Morgan fingerprint density at radius 2 is 1.70 bits per heavy atom. The fourth-order valence-corrected chi connectivity index (χ4v) is 5.02. The molecule has 0 saturated carbocycles. The third-order valence-corrected chi connectivity index (χ3v) is 7.41. The van der Waals surface area contributed by atoms with Gasteiger partial charge in [0.2, 0.25) is 5.95 Å². The second kappa shape index (κ2) is 15.8. The summed E-state index contributed by atoms with van der Waals surface area (Å²) in [6.07, 6.45) is 3.96. The molecule has 0 radical (unpaired) electrons. The summed E-state index contributed by atoms with van der Waals surface area (Å²) in [6.45, 7) is 13.3. The lowest BCUT2D eigenvalue weighted by molar-refractivity contribution is 0.102. The van der Waals surface area contributed by atoms with Crippen molar-refractivity contribution in [2.45, 2.75) is 41.0 Å². The summed E-state index contributed by atoms with van der Waals surface area (Å²) < 4.78 is 31.0. The molecule has 0 aliphatic carbocycles. The lowest BCUT2D eigenvalue weighted by Crippen LogP contribution is -2.25. The number of halogens is 2. The highest BCUT2D eigenvalue weighted by Crippen LogP contribution is 2.32. The van der Waals surface area contributed by atoms with Gasteiger partial charge in [-0.1, -0.05) is 39.8 Å². The molecule has 0 bridgehead atoms. The number of carbonyl (C=O) groups is 1. The molecule has 0 spiro atoms. The SMILES string of the molecule is CC.CCN(CC)CCCNc1nc(-c2cc(C(=O)Nc3cccnc3)ccc2C)c2ccc(=O)n(-c3c(F)cccc3F)c2n1. The number of hydrogen-bond donors (Lipinski definition) is 2. The van der Waals surface area contributed by atoms with Gasteiger partial charge in [0.05, 0.1) is 17.6 Å². The van der Waals surface area contributed by atoms with Crippen LogP contribution in [0.2, 0.25) is 0 Å². The number of benzene rings is 2. The zero-order valence-corrected chi connectivity index (χ0v) is 26.8. The molecule has 0 saturated heterocycles. The summed E-state index contributed by atoms with van der Waals surface area (Å²) in [5, 5.41) is 6.44. The highest BCUT2D eigenvalue weighted by Gasteiger charge is 2.21. The molecule has 2 aromatic carbocycles. The summed E-state index contributed by atoms with van der Waals surface area (Å²) >= 11 is 0. The van der Waals surface area contributed by atoms with Gasteiger partial charge in [-0.25, -0.2) is 13.8 Å². The topological polar surface area (TPSA) is 105 Å². The van der Waals surface area contributed by atoms with Crippen LogP contribution in [0.15, 0.2) is 77.9 Å². The summed E-state index contributed by atoms with van der Waals surface area (Å²) in [5.41, 5.74) is 1.55. The van der Waals surface area contributed by atoms with E-state index in [-0.39, 0.29) is 17.5 Å². The van der Waals surface area contributed by atoms with Gasteiger partial charge < -0.3 is 15.5 Å². The fourth-order valence-electron chi connectivity index (χ4n) is 5.02. The first-order chi connectivity index (χ1) is 22.3. The monoisotopic (exact) mass is 627 g/mol. The molecule has 5 rings (SSSR count). The maximum Gasteiger partial charge on any atom is 0.256 e. The number of aryl methyl sites for hydroxylation is 1. The summed E-state index contributed by atoms with van der Waals surface area (Å²) in [6, 6.07) is 14.8. The predicted octanol–water partition coefficient (Wildman–Crippen LogP) is 6.85. The van der Waals surface area contributed by atoms with Crippen molar-refractivity contribution in [3.05, 3.63) is 106 Å². The van der Waals surface area contributed by atoms with Gasteiger partial charge in [0.25, 0.3) is 11.5 Å². The first-order valence-corrected chi connectivity index (χ1v) is 15.5. The molecule has 0 atom stereocenters. The quantitative estimate of drug-likeness (QED) is 0.154. The molecule has 2 N–H and O–H groups in total. The molecule has 0 fully saturated rings. The molecule has 1 amide bonds. The largest absolute Gasteiger partial charge is 0.354 e. The first kappa shape index (κ1) is 33.9. The Labute approximate surface area is 267 Å². The molecular formula is C35H39F2N7O2. The lowest BCUT2D eigenvalue weighted by atomic mass is 9.99. The molecule has 5 aromatic rings. The number of amides is 1. The molecule has 0 aliphatic rings. The summed E-state index contributed by atoms with van der Waals surface area (Å²) in [4.78, 5) is 42.0. The van der Waals surface area contributed by atoms with Crippen molar-refractivity contribution in [2.24, 2.45) is 0 Å². The van der Waals surface area contributed by atoms with Crippen LogP contribution < -0.4 is 16.2 Å². The third-order valence-electron chi connectivity index (χ3n) is 7.41. The maximum absolute atomic E-state index is 15.0. The Bertz CT molecular complexity index is 1840. The summed E-state index contributed by atoms with van der Waals surface area (Å²) in [5.74, 6) is -1.97. The molecule has 0 aliphatic heterocycles. The average Bonchev–Trinajstić information content (AvgIpc) is 3.07. The smallest absolute Gasteiger partial charge is 0.256 e. The molecule has 0 unspecified atom stereocenters. The van der Waals surface area contributed by atoms with E-state index in [9.17, 15) is 9.59 Å². The standard InChI is InChI=1S/C33H33F2N7O2.C2H6/c1-4-41(5-2)18-8-17-37-33-39-29(25-19-22(13-12-21(25)3)32(44)38-23-9-7-16-36-20-23)24-14-15-28(43)42(31(24)40-33)30-26(34)10-6-11-27(30)35;1-2/h6-7,9-16,19-20H,4-5,8,17-18H2,1-3H3,(H,38,44)(H,37,39,40);1-2H3. The number of nitrogens with zero attached hydrogens (tertiary/aromatic N) is 5. The van der Waals surface area contributed by atoms with E-state index < -0.39 is 22.9 Å². The van der Waals surface area contributed by atoms with Crippen LogP contribution in [0.1, 0.15) is 50.0 Å². The van der Waals surface area contributed by atoms with Crippen molar-refractivity contribution < 1.29 is 13.6 Å². The van der Waals surface area contributed by atoms with Gasteiger partial charge in [-0.2, -0.15) is 4.98 Å². The van der Waals surface area contributed by atoms with E-state index in [1.807, 2.05) is 20.8 Å². The van der Waals surface area contributed by atoms with E-state index in [2.05, 4.69) is 39.3 Å². The molecule has 240 valence electrons. The van der Waals surface area contributed by atoms with Gasteiger partial charge in [-0.15, -0.1) is 0 Å². The van der Waals surface area contributed by atoms with Crippen LogP contribution >= 0.6 is 0 Å². The fraction of sp³-hybridized carbons (Fsp3) is 0.286. The van der Waals surface area contributed by atoms with Crippen LogP contribution in [0.4, 0.5) is 20.4 Å². The maximum atomic E-state index is 15.0. The minimum absolute atomic E-state index is 0.0300. The van der Waals surface area contributed by atoms with Crippen molar-refractivity contribution in [3.8, 4) is 16.9 Å². The number of anilines is 2. The Morgan fingerprint density at radius 1 is 0.957 bits per heavy atom. The number of para-hydroxylation sites is 1. The van der Waals surface area contributed by atoms with Crippen molar-refractivity contribution in [3.63, 3.8) is 0 Å². The first-order valence-electron chi connectivity index (χ1n) is 15.5. The van der Waals surface area contributed by atoms with Crippen LogP contribution in [-0.4, -0.2) is 56.5 Å². The Kier molecular flexibility index (Phi) is 11.6. The zero-order chi connectivity index (χ0) is 33.2. The molecule has 3 heterocycles. The number of rotatable bonds is 11. The zero-order valence-electron chi connectivity index (χ0n) is 26.8. The van der Waals surface area contributed by atoms with Crippen molar-refractivity contribution in [1.29, 1.82) is 0 Å². The van der Waals surface area contributed by atoms with Crippen LogP contribution in [-0.2, 0) is 0 Å². The minimum Gasteiger partial charge on any atom is -0.354 e. The number of pyridine rings is 2. The highest BCUT2D eigenvalue weighted by molar-refractivity contribution is 6.05. The molecule has 11 heteroatoms. The van der Waals surface area contributed by atoms with Crippen molar-refractivity contribution >= 4 is 28.6 Å². The van der Waals surface area contributed by atoms with Gasteiger partial charge in [0, 0.05) is 35.3 Å². The molecule has 3 aromatic heterocycles. The molecule has 9 nitrogen and oxygen atoms in total. The van der Waals surface area contributed by atoms with Gasteiger partial charge in [-0.05, 0) is 81.0 Å². The Hall–Kier alpha value is -5.03. The van der Waals surface area contributed by atoms with E-state index in [0.717, 1.165) is 48.3 Å². The molecular weight excluding hydrogens is 588 g/mol. The van der Waals surface area contributed by atoms with E-state index in [1.54, 1.807) is 42.7 Å². The number of fused-ring (bicyclic) bond motifs is 1. The Morgan fingerprint density at radius 3 is 2.37 bits per heavy atom. The van der Waals surface area contributed by atoms with E-state index in [0.29, 0.717) is 34.4 Å². The number of nitrogens with one attached hydrogen (secondary N) is 2. The van der Waals surface area contributed by atoms with Crippen LogP contribution in [0.5, 0.6) is 0 Å². The minimum atomic E-state index is -0.904. The van der Waals surface area contributed by atoms with Gasteiger partial charge in [0.1, 0.15) is 17.3 Å². The van der Waals surface area contributed by atoms with E-state index in [1.165, 1.54) is 18.2 Å². The van der Waals surface area contributed by atoms with Crippen LogP contribution in [0, 0.1) is 18.6 Å². The van der Waals surface area contributed by atoms with E-state index in [4.69, 9.17) is 4.98 Å². The van der Waals surface area contributed by atoms with Gasteiger partial charge in [-0.3, -0.25) is 19.1 Å². The molecule has 46 heavy (non-hydrogen) atoms. The summed E-state index contributed by atoms with van der Waals surface area (Å²) in [7, 11) is 0. The van der Waals surface area contributed by atoms with Gasteiger partial charge in [0.15, 0.2) is 5.65 Å². The number of hydrogen-bond acceptors (Lipinski definition) is 7. The average molecular weight is 628 g/mol. The number of aromatic nitrogens is 4. The second-order valence-electron chi connectivity index (χ2n) is 10.2. The van der Waals surface area contributed by atoms with Crippen LogP contribution in [0.25, 0.3) is 28.0 Å². The Balaban J connectivity index is 0.00000235. The highest BCUT2D eigenvalue weighted by atomic mass is 19.1. The van der Waals surface area contributed by atoms with E-state index >= 15 is 8.78 Å². The lowest BCUT2D eigenvalue weighted by Gasteiger charge is -2.18. The predicted molar refractivity (Wildman–Crippen MR) is 180 cm³/mol. The van der Waals surface area contributed by atoms with Gasteiger partial charge >= 0.3 is 0 Å². The third kappa shape index (κ3) is 7.60. The van der Waals surface area contributed by atoms with Crippen molar-refractivity contribution in [2.75, 3.05) is 36.8 Å². The number of carbonyl (C=O) groups excluding carboxylic acids is 1.